The van der Waals surface area contributed by atoms with Gasteiger partial charge in [0.2, 0.25) is 0 Å². The van der Waals surface area contributed by atoms with Gasteiger partial charge in [0.15, 0.2) is 0 Å². The van der Waals surface area contributed by atoms with Gasteiger partial charge in [-0.15, -0.1) is 0 Å². The van der Waals surface area contributed by atoms with Crippen LogP contribution in [0.3, 0.4) is 0 Å². The third-order valence-electron chi connectivity index (χ3n) is 4.97. The highest BCUT2D eigenvalue weighted by Crippen LogP contribution is 2.41. The van der Waals surface area contributed by atoms with E-state index in [1.165, 1.54) is 18.4 Å². The molecule has 0 atom stereocenters. The minimum atomic E-state index is -0.435. The van der Waals surface area contributed by atoms with E-state index in [1.807, 2.05) is 12.1 Å². The van der Waals surface area contributed by atoms with E-state index in [1.54, 1.807) is 7.11 Å². The summed E-state index contributed by atoms with van der Waals surface area (Å²) in [7, 11) is 1.74. The molecular weight excluding hydrogens is 250 g/mol. The Balaban J connectivity index is 1.49. The molecule has 0 saturated heterocycles. The van der Waals surface area contributed by atoms with Gasteiger partial charge >= 0.3 is 0 Å². The lowest BCUT2D eigenvalue weighted by Crippen LogP contribution is -2.47. The summed E-state index contributed by atoms with van der Waals surface area (Å²) in [5.74, 6) is 1.60. The maximum absolute atomic E-state index is 10.3. The van der Waals surface area contributed by atoms with Crippen molar-refractivity contribution >= 4 is 0 Å². The lowest BCUT2D eigenvalue weighted by Gasteiger charge is -2.38. The topological polar surface area (TPSA) is 41.5 Å². The standard InChI is InChI=1S/C17H25NO2/c1-20-16-7-3-2-6-15(16)13-10-14(11-13)18-12-17(19)8-4-5-9-17/h2-3,6-7,13-14,18-19H,4-5,8-12H2,1H3. The monoisotopic (exact) mass is 275 g/mol. The van der Waals surface area contributed by atoms with Crippen molar-refractivity contribution in [1.29, 1.82) is 0 Å². The van der Waals surface area contributed by atoms with Crippen molar-refractivity contribution in [1.82, 2.24) is 5.32 Å². The van der Waals surface area contributed by atoms with Gasteiger partial charge in [0.25, 0.3) is 0 Å². The number of hydrogen-bond donors (Lipinski definition) is 2. The molecule has 0 unspecified atom stereocenters. The van der Waals surface area contributed by atoms with Crippen molar-refractivity contribution in [3.8, 4) is 5.75 Å². The normalized spacial score (nSPS) is 28.1. The highest BCUT2D eigenvalue weighted by atomic mass is 16.5. The molecule has 0 spiro atoms. The van der Waals surface area contributed by atoms with Crippen molar-refractivity contribution in [2.24, 2.45) is 0 Å². The van der Waals surface area contributed by atoms with Crippen molar-refractivity contribution in [3.05, 3.63) is 29.8 Å². The molecular formula is C17H25NO2. The lowest BCUT2D eigenvalue weighted by atomic mass is 9.75. The highest BCUT2D eigenvalue weighted by molar-refractivity contribution is 5.37. The minimum Gasteiger partial charge on any atom is -0.496 e. The minimum absolute atomic E-state index is 0.435. The number of aliphatic hydroxyl groups is 1. The first-order valence-electron chi connectivity index (χ1n) is 7.79. The Kier molecular flexibility index (Phi) is 3.99. The molecule has 3 nitrogen and oxygen atoms in total. The van der Waals surface area contributed by atoms with Crippen molar-refractivity contribution in [2.75, 3.05) is 13.7 Å². The van der Waals surface area contributed by atoms with E-state index in [0.29, 0.717) is 12.0 Å². The molecule has 110 valence electrons. The molecule has 2 fully saturated rings. The Morgan fingerprint density at radius 3 is 2.65 bits per heavy atom. The average Bonchev–Trinajstić information content (AvgIpc) is 2.84. The first-order valence-corrected chi connectivity index (χ1v) is 7.79. The van der Waals surface area contributed by atoms with Gasteiger partial charge in [-0.1, -0.05) is 31.0 Å². The second-order valence-corrected chi connectivity index (χ2v) is 6.42. The van der Waals surface area contributed by atoms with Crippen LogP contribution < -0.4 is 10.1 Å². The zero-order chi connectivity index (χ0) is 14.0. The number of rotatable bonds is 5. The van der Waals surface area contributed by atoms with Crippen LogP contribution in [0.15, 0.2) is 24.3 Å². The second kappa shape index (κ2) is 5.74. The SMILES string of the molecule is COc1ccccc1C1CC(NCC2(O)CCCC2)C1. The van der Waals surface area contributed by atoms with E-state index in [4.69, 9.17) is 4.74 Å². The van der Waals surface area contributed by atoms with Crippen LogP contribution in [0.2, 0.25) is 0 Å². The molecule has 2 aliphatic rings. The number of hydrogen-bond acceptors (Lipinski definition) is 3. The van der Waals surface area contributed by atoms with E-state index in [9.17, 15) is 5.11 Å². The Labute approximate surface area is 121 Å². The van der Waals surface area contributed by atoms with Crippen molar-refractivity contribution < 1.29 is 9.84 Å². The molecule has 0 heterocycles. The summed E-state index contributed by atoms with van der Waals surface area (Å²) in [6.45, 7) is 0.760. The van der Waals surface area contributed by atoms with Crippen LogP contribution in [0.5, 0.6) is 5.75 Å². The summed E-state index contributed by atoms with van der Waals surface area (Å²) < 4.78 is 5.43. The number of ether oxygens (including phenoxy) is 1. The van der Waals surface area contributed by atoms with Gasteiger partial charge in [-0.25, -0.2) is 0 Å². The summed E-state index contributed by atoms with van der Waals surface area (Å²) in [4.78, 5) is 0. The van der Waals surface area contributed by atoms with E-state index in [0.717, 1.165) is 38.0 Å². The van der Waals surface area contributed by atoms with E-state index in [-0.39, 0.29) is 0 Å². The highest BCUT2D eigenvalue weighted by Gasteiger charge is 2.35. The molecule has 3 rings (SSSR count). The summed E-state index contributed by atoms with van der Waals surface area (Å²) in [5.41, 5.74) is 0.892. The summed E-state index contributed by atoms with van der Waals surface area (Å²) in [6.07, 6.45) is 6.57. The largest absolute Gasteiger partial charge is 0.496 e. The Morgan fingerprint density at radius 2 is 1.95 bits per heavy atom. The van der Waals surface area contributed by atoms with Crippen molar-refractivity contribution in [3.63, 3.8) is 0 Å². The molecule has 20 heavy (non-hydrogen) atoms. The number of methoxy groups -OCH3 is 1. The second-order valence-electron chi connectivity index (χ2n) is 6.42. The smallest absolute Gasteiger partial charge is 0.122 e. The molecule has 0 aliphatic heterocycles. The van der Waals surface area contributed by atoms with Gasteiger partial charge in [0.05, 0.1) is 12.7 Å². The molecule has 0 aromatic heterocycles. The average molecular weight is 275 g/mol. The van der Waals surface area contributed by atoms with Crippen LogP contribution in [0.25, 0.3) is 0 Å². The summed E-state index contributed by atoms with van der Waals surface area (Å²) in [5, 5.41) is 13.9. The summed E-state index contributed by atoms with van der Waals surface area (Å²) in [6, 6.07) is 8.86. The van der Waals surface area contributed by atoms with Gasteiger partial charge in [-0.3, -0.25) is 0 Å². The lowest BCUT2D eigenvalue weighted by molar-refractivity contribution is 0.0405. The van der Waals surface area contributed by atoms with Gasteiger partial charge in [0.1, 0.15) is 5.75 Å². The molecule has 0 radical (unpaired) electrons. The van der Waals surface area contributed by atoms with Crippen LogP contribution >= 0.6 is 0 Å². The Bertz CT molecular complexity index is 448. The fraction of sp³-hybridized carbons (Fsp3) is 0.647. The Morgan fingerprint density at radius 1 is 1.25 bits per heavy atom. The number of nitrogens with one attached hydrogen (secondary N) is 1. The summed E-state index contributed by atoms with van der Waals surface area (Å²) >= 11 is 0. The van der Waals surface area contributed by atoms with Gasteiger partial charge in [-0.2, -0.15) is 0 Å². The zero-order valence-corrected chi connectivity index (χ0v) is 12.3. The van der Waals surface area contributed by atoms with Crippen LogP contribution in [0.1, 0.15) is 50.0 Å². The van der Waals surface area contributed by atoms with Crippen LogP contribution in [-0.2, 0) is 0 Å². The molecule has 1 aromatic rings. The van der Waals surface area contributed by atoms with Gasteiger partial charge < -0.3 is 15.2 Å². The first-order chi connectivity index (χ1) is 9.70. The third-order valence-corrected chi connectivity index (χ3v) is 4.97. The quantitative estimate of drug-likeness (QED) is 0.868. The molecule has 2 aliphatic carbocycles. The number of benzene rings is 1. The predicted molar refractivity (Wildman–Crippen MR) is 80.2 cm³/mol. The van der Waals surface area contributed by atoms with E-state index >= 15 is 0 Å². The zero-order valence-electron chi connectivity index (χ0n) is 12.3. The molecule has 2 saturated carbocycles. The molecule has 1 aromatic carbocycles. The van der Waals surface area contributed by atoms with E-state index < -0.39 is 5.60 Å². The van der Waals surface area contributed by atoms with Crippen LogP contribution in [0.4, 0.5) is 0 Å². The van der Waals surface area contributed by atoms with Crippen LogP contribution in [0, 0.1) is 0 Å². The number of para-hydroxylation sites is 1. The van der Waals surface area contributed by atoms with E-state index in [2.05, 4.69) is 17.4 Å². The molecule has 3 heteroatoms. The maximum Gasteiger partial charge on any atom is 0.122 e. The molecule has 2 N–H and O–H groups in total. The fourth-order valence-electron chi connectivity index (χ4n) is 3.59. The van der Waals surface area contributed by atoms with Gasteiger partial charge in [-0.05, 0) is 43.2 Å². The van der Waals surface area contributed by atoms with Crippen molar-refractivity contribution in [2.45, 2.75) is 56.1 Å². The third kappa shape index (κ3) is 2.84. The molecule has 0 bridgehead atoms. The fourth-order valence-corrected chi connectivity index (χ4v) is 3.59. The van der Waals surface area contributed by atoms with Gasteiger partial charge in [0, 0.05) is 12.6 Å². The predicted octanol–water partition coefficient (Wildman–Crippen LogP) is 2.84. The maximum atomic E-state index is 10.3. The Hall–Kier alpha value is -1.06. The molecule has 0 amide bonds. The first kappa shape index (κ1) is 13.9. The van der Waals surface area contributed by atoms with Crippen LogP contribution in [-0.4, -0.2) is 30.4 Å².